The molecule has 1 atom stereocenters. The highest BCUT2D eigenvalue weighted by molar-refractivity contribution is 7.92. The molecule has 1 fully saturated rings. The van der Waals surface area contributed by atoms with E-state index >= 15 is 0 Å². The van der Waals surface area contributed by atoms with E-state index in [4.69, 9.17) is 9.72 Å². The number of para-hydroxylation sites is 1. The van der Waals surface area contributed by atoms with Crippen LogP contribution in [-0.2, 0) is 21.2 Å². The molecule has 32 heavy (non-hydrogen) atoms. The molecule has 168 valence electrons. The van der Waals surface area contributed by atoms with Crippen molar-refractivity contribution in [1.82, 2.24) is 4.98 Å². The fourth-order valence-corrected chi connectivity index (χ4v) is 6.38. The maximum Gasteiger partial charge on any atom is 0.260 e. The molecule has 0 N–H and O–H groups in total. The van der Waals surface area contributed by atoms with Crippen LogP contribution in [0.25, 0.3) is 10.2 Å². The van der Waals surface area contributed by atoms with Gasteiger partial charge in [-0.3, -0.25) is 14.0 Å². The summed E-state index contributed by atoms with van der Waals surface area (Å²) in [6, 6.07) is 13.2. The molecule has 0 saturated carbocycles. The molecule has 0 bridgehead atoms. The van der Waals surface area contributed by atoms with E-state index in [1.165, 1.54) is 21.9 Å². The lowest BCUT2D eigenvalue weighted by Gasteiger charge is -2.30. The SMILES string of the molecule is CS(=O)(=O)N1CCCc2cc(C(=O)N(C[C@@H]3CCCO3)c3nc4ccccc4s3)ccc21. The van der Waals surface area contributed by atoms with Gasteiger partial charge in [-0.2, -0.15) is 0 Å². The van der Waals surface area contributed by atoms with Crippen molar-refractivity contribution >= 4 is 48.3 Å². The van der Waals surface area contributed by atoms with Crippen molar-refractivity contribution in [3.63, 3.8) is 0 Å². The van der Waals surface area contributed by atoms with Gasteiger partial charge < -0.3 is 4.74 Å². The van der Waals surface area contributed by atoms with Crippen LogP contribution >= 0.6 is 11.3 Å². The first kappa shape index (κ1) is 21.4. The summed E-state index contributed by atoms with van der Waals surface area (Å²) in [6.45, 7) is 1.63. The lowest BCUT2D eigenvalue weighted by atomic mass is 10.00. The van der Waals surface area contributed by atoms with Crippen LogP contribution < -0.4 is 9.21 Å². The lowest BCUT2D eigenvalue weighted by molar-refractivity contribution is 0.0917. The standard InChI is InChI=1S/C23H25N3O4S2/c1-32(28,29)26-12-4-6-16-14-17(10-11-20(16)26)22(27)25(15-18-7-5-13-30-18)23-24-19-8-2-3-9-21(19)31-23/h2-3,8-11,14,18H,4-7,12-13,15H2,1H3/t18-/m0/s1. The maximum absolute atomic E-state index is 13.7. The smallest absolute Gasteiger partial charge is 0.260 e. The van der Waals surface area contributed by atoms with E-state index in [-0.39, 0.29) is 12.0 Å². The molecule has 7 nitrogen and oxygen atoms in total. The Bertz CT molecular complexity index is 1230. The summed E-state index contributed by atoms with van der Waals surface area (Å²) in [5.41, 5.74) is 2.96. The fraction of sp³-hybridized carbons (Fsp3) is 0.391. The minimum Gasteiger partial charge on any atom is -0.376 e. The number of carbonyl (C=O) groups is 1. The molecule has 2 aliphatic rings. The van der Waals surface area contributed by atoms with Crippen LogP contribution in [0.5, 0.6) is 0 Å². The average Bonchev–Trinajstić information content (AvgIpc) is 3.45. The van der Waals surface area contributed by atoms with Crippen molar-refractivity contribution in [2.45, 2.75) is 31.8 Å². The first-order chi connectivity index (χ1) is 15.4. The number of anilines is 2. The molecule has 1 amide bonds. The molecule has 3 aromatic rings. The largest absolute Gasteiger partial charge is 0.376 e. The number of carbonyl (C=O) groups excluding carboxylic acids is 1. The van der Waals surface area contributed by atoms with E-state index in [9.17, 15) is 13.2 Å². The van der Waals surface area contributed by atoms with Crippen LogP contribution in [0.4, 0.5) is 10.8 Å². The van der Waals surface area contributed by atoms with Crippen molar-refractivity contribution in [2.24, 2.45) is 0 Å². The summed E-state index contributed by atoms with van der Waals surface area (Å²) in [5, 5.41) is 0.655. The zero-order chi connectivity index (χ0) is 22.3. The third-order valence-electron chi connectivity index (χ3n) is 5.97. The number of hydrogen-bond acceptors (Lipinski definition) is 6. The predicted molar refractivity (Wildman–Crippen MR) is 127 cm³/mol. The third kappa shape index (κ3) is 4.12. The van der Waals surface area contributed by atoms with E-state index in [0.717, 1.165) is 41.5 Å². The molecule has 3 heterocycles. The van der Waals surface area contributed by atoms with Gasteiger partial charge in [-0.1, -0.05) is 23.5 Å². The van der Waals surface area contributed by atoms with Gasteiger partial charge in [0.2, 0.25) is 10.0 Å². The van der Waals surface area contributed by atoms with Gasteiger partial charge >= 0.3 is 0 Å². The van der Waals surface area contributed by atoms with E-state index in [1.807, 2.05) is 30.3 Å². The molecule has 2 aliphatic heterocycles. The Balaban J connectivity index is 1.51. The minimum absolute atomic E-state index is 0.00989. The molecule has 2 aromatic carbocycles. The topological polar surface area (TPSA) is 79.8 Å². The number of amides is 1. The van der Waals surface area contributed by atoms with Gasteiger partial charge in [0, 0.05) is 18.7 Å². The highest BCUT2D eigenvalue weighted by Crippen LogP contribution is 2.33. The van der Waals surface area contributed by atoms with E-state index in [1.54, 1.807) is 17.0 Å². The Morgan fingerprint density at radius 2 is 2.09 bits per heavy atom. The highest BCUT2D eigenvalue weighted by atomic mass is 32.2. The molecule has 0 spiro atoms. The molecular formula is C23H25N3O4S2. The number of ether oxygens (including phenoxy) is 1. The first-order valence-electron chi connectivity index (χ1n) is 10.8. The van der Waals surface area contributed by atoms with Crippen LogP contribution in [0.1, 0.15) is 35.2 Å². The first-order valence-corrected chi connectivity index (χ1v) is 13.5. The molecule has 0 radical (unpaired) electrons. The number of rotatable bonds is 5. The highest BCUT2D eigenvalue weighted by Gasteiger charge is 2.29. The molecule has 1 aromatic heterocycles. The van der Waals surface area contributed by atoms with Gasteiger partial charge in [0.1, 0.15) is 0 Å². The lowest BCUT2D eigenvalue weighted by Crippen LogP contribution is -2.38. The van der Waals surface area contributed by atoms with Crippen LogP contribution in [0.2, 0.25) is 0 Å². The van der Waals surface area contributed by atoms with Gasteiger partial charge in [-0.25, -0.2) is 13.4 Å². The van der Waals surface area contributed by atoms with Gasteiger partial charge in [0.15, 0.2) is 5.13 Å². The van der Waals surface area contributed by atoms with Gasteiger partial charge in [0.05, 0.1) is 34.8 Å². The summed E-state index contributed by atoms with van der Waals surface area (Å²) in [6.07, 6.45) is 4.60. The van der Waals surface area contributed by atoms with E-state index < -0.39 is 10.0 Å². The summed E-state index contributed by atoms with van der Waals surface area (Å²) in [7, 11) is -3.35. The third-order valence-corrected chi connectivity index (χ3v) is 8.21. The monoisotopic (exact) mass is 471 g/mol. The molecule has 1 saturated heterocycles. The van der Waals surface area contributed by atoms with Crippen LogP contribution in [0.3, 0.4) is 0 Å². The number of sulfonamides is 1. The average molecular weight is 472 g/mol. The number of fused-ring (bicyclic) bond motifs is 2. The Morgan fingerprint density at radius 3 is 2.84 bits per heavy atom. The normalized spacial score (nSPS) is 18.7. The van der Waals surface area contributed by atoms with Crippen molar-refractivity contribution < 1.29 is 17.9 Å². The fourth-order valence-electron chi connectivity index (χ4n) is 4.41. The summed E-state index contributed by atoms with van der Waals surface area (Å²) in [5.74, 6) is -0.140. The number of benzene rings is 2. The zero-order valence-electron chi connectivity index (χ0n) is 17.9. The van der Waals surface area contributed by atoms with Crippen LogP contribution in [0, 0.1) is 0 Å². The maximum atomic E-state index is 13.7. The second-order valence-electron chi connectivity index (χ2n) is 8.30. The number of nitrogens with zero attached hydrogens (tertiary/aromatic N) is 3. The van der Waals surface area contributed by atoms with Crippen molar-refractivity contribution in [3.05, 3.63) is 53.6 Å². The van der Waals surface area contributed by atoms with Crippen molar-refractivity contribution in [1.29, 1.82) is 0 Å². The van der Waals surface area contributed by atoms with Crippen molar-refractivity contribution in [2.75, 3.05) is 35.2 Å². The minimum atomic E-state index is -3.35. The Kier molecular flexibility index (Phi) is 5.65. The van der Waals surface area contributed by atoms with Gasteiger partial charge in [0.25, 0.3) is 5.91 Å². The number of aromatic nitrogens is 1. The molecular weight excluding hydrogens is 446 g/mol. The number of aryl methyl sites for hydroxylation is 1. The molecule has 9 heteroatoms. The summed E-state index contributed by atoms with van der Waals surface area (Å²) >= 11 is 1.50. The number of thiazole rings is 1. The van der Waals surface area contributed by atoms with Crippen molar-refractivity contribution in [3.8, 4) is 0 Å². The second kappa shape index (κ2) is 8.46. The summed E-state index contributed by atoms with van der Waals surface area (Å²) in [4.78, 5) is 20.1. The second-order valence-corrected chi connectivity index (χ2v) is 11.2. The predicted octanol–water partition coefficient (Wildman–Crippen LogP) is 3.83. The Morgan fingerprint density at radius 1 is 1.25 bits per heavy atom. The van der Waals surface area contributed by atoms with Crippen LogP contribution in [-0.4, -0.2) is 51.4 Å². The summed E-state index contributed by atoms with van der Waals surface area (Å²) < 4.78 is 32.6. The molecule has 5 rings (SSSR count). The quantitative estimate of drug-likeness (QED) is 0.565. The van der Waals surface area contributed by atoms with Gasteiger partial charge in [-0.15, -0.1) is 0 Å². The Hall–Kier alpha value is -2.49. The molecule has 0 aliphatic carbocycles. The van der Waals surface area contributed by atoms with E-state index in [0.29, 0.717) is 36.1 Å². The zero-order valence-corrected chi connectivity index (χ0v) is 19.5. The van der Waals surface area contributed by atoms with Gasteiger partial charge in [-0.05, 0) is 61.6 Å². The molecule has 0 unspecified atom stereocenters. The number of hydrogen-bond donors (Lipinski definition) is 0. The van der Waals surface area contributed by atoms with Crippen LogP contribution in [0.15, 0.2) is 42.5 Å². The Labute approximate surface area is 191 Å². The van der Waals surface area contributed by atoms with E-state index in [2.05, 4.69) is 0 Å².